The molecule has 0 spiro atoms. The molecule has 1 saturated heterocycles. The largest absolute Gasteiger partial charge is 0.342 e. The van der Waals surface area contributed by atoms with Crippen LogP contribution in [0.25, 0.3) is 0 Å². The van der Waals surface area contributed by atoms with Gasteiger partial charge in [0, 0.05) is 57.3 Å². The summed E-state index contributed by atoms with van der Waals surface area (Å²) in [6.45, 7) is 5.57. The van der Waals surface area contributed by atoms with E-state index in [-0.39, 0.29) is 18.3 Å². The highest BCUT2D eigenvalue weighted by atomic mass is 19.1. The Balaban J connectivity index is 2.02. The molecule has 20 heavy (non-hydrogen) atoms. The molecule has 0 bridgehead atoms. The van der Waals surface area contributed by atoms with Crippen LogP contribution in [0.3, 0.4) is 0 Å². The minimum Gasteiger partial charge on any atom is -0.342 e. The molecule has 1 aromatic carbocycles. The van der Waals surface area contributed by atoms with Crippen molar-refractivity contribution in [1.29, 1.82) is 0 Å². The zero-order valence-electron chi connectivity index (χ0n) is 11.9. The summed E-state index contributed by atoms with van der Waals surface area (Å²) in [5.41, 5.74) is 6.77. The van der Waals surface area contributed by atoms with E-state index in [1.807, 2.05) is 17.0 Å². The van der Waals surface area contributed by atoms with Gasteiger partial charge in [-0.2, -0.15) is 0 Å². The second kappa shape index (κ2) is 6.81. The van der Waals surface area contributed by atoms with E-state index in [4.69, 9.17) is 5.73 Å². The number of nitrogens with two attached hydrogens (primary N) is 1. The molecule has 0 radical (unpaired) electrons. The lowest BCUT2D eigenvalue weighted by molar-refractivity contribution is -0.128. The second-order valence-corrected chi connectivity index (χ2v) is 5.23. The molecule has 1 aromatic rings. The number of halogens is 1. The summed E-state index contributed by atoms with van der Waals surface area (Å²) in [4.78, 5) is 15.4. The van der Waals surface area contributed by atoms with Crippen LogP contribution in [-0.4, -0.2) is 41.9 Å². The maximum atomic E-state index is 14.2. The highest BCUT2D eigenvalue weighted by molar-refractivity contribution is 5.73. The highest BCUT2D eigenvalue weighted by Gasteiger charge is 2.18. The van der Waals surface area contributed by atoms with Crippen LogP contribution in [0.5, 0.6) is 0 Å². The van der Waals surface area contributed by atoms with Gasteiger partial charge in [0.25, 0.3) is 0 Å². The van der Waals surface area contributed by atoms with Crippen molar-refractivity contribution >= 4 is 5.91 Å². The Hall–Kier alpha value is -1.46. The Morgan fingerprint density at radius 3 is 2.70 bits per heavy atom. The van der Waals surface area contributed by atoms with E-state index in [9.17, 15) is 9.18 Å². The van der Waals surface area contributed by atoms with E-state index in [0.29, 0.717) is 24.2 Å². The SMILES string of the molecule is CC(=O)N1CCCN(Cc2cccc(CN)c2F)CC1. The van der Waals surface area contributed by atoms with Crippen LogP contribution >= 0.6 is 0 Å². The van der Waals surface area contributed by atoms with E-state index in [0.717, 1.165) is 26.1 Å². The number of carbonyl (C=O) groups is 1. The van der Waals surface area contributed by atoms with Gasteiger partial charge in [-0.25, -0.2) is 4.39 Å². The predicted molar refractivity (Wildman–Crippen MR) is 76.4 cm³/mol. The summed E-state index contributed by atoms with van der Waals surface area (Å²) in [5, 5.41) is 0. The van der Waals surface area contributed by atoms with Crippen LogP contribution < -0.4 is 5.73 Å². The number of benzene rings is 1. The minimum atomic E-state index is -0.192. The Morgan fingerprint density at radius 1 is 1.25 bits per heavy atom. The lowest BCUT2D eigenvalue weighted by Gasteiger charge is -2.21. The summed E-state index contributed by atoms with van der Waals surface area (Å²) in [6, 6.07) is 5.38. The molecule has 1 aliphatic heterocycles. The van der Waals surface area contributed by atoms with Gasteiger partial charge < -0.3 is 10.6 Å². The van der Waals surface area contributed by atoms with Crippen LogP contribution in [-0.2, 0) is 17.9 Å². The molecular formula is C15H22FN3O. The maximum Gasteiger partial charge on any atom is 0.219 e. The van der Waals surface area contributed by atoms with E-state index in [2.05, 4.69) is 4.90 Å². The van der Waals surface area contributed by atoms with Gasteiger partial charge in [-0.05, 0) is 6.42 Å². The zero-order valence-corrected chi connectivity index (χ0v) is 11.9. The standard InChI is InChI=1S/C15H22FN3O/c1-12(20)19-7-3-6-18(8-9-19)11-14-5-2-4-13(10-17)15(14)16/h2,4-5H,3,6-11,17H2,1H3. The first-order chi connectivity index (χ1) is 9.61. The number of nitrogens with zero attached hydrogens (tertiary/aromatic N) is 2. The topological polar surface area (TPSA) is 49.6 Å². The molecule has 1 amide bonds. The van der Waals surface area contributed by atoms with E-state index in [1.54, 1.807) is 13.0 Å². The molecule has 110 valence electrons. The molecule has 5 heteroatoms. The molecule has 1 heterocycles. The number of carbonyl (C=O) groups excluding carboxylic acids is 1. The lowest BCUT2D eigenvalue weighted by Crippen LogP contribution is -2.33. The molecule has 4 nitrogen and oxygen atoms in total. The molecule has 2 rings (SSSR count). The van der Waals surface area contributed by atoms with Gasteiger partial charge in [-0.3, -0.25) is 9.69 Å². The summed E-state index contributed by atoms with van der Waals surface area (Å²) >= 11 is 0. The quantitative estimate of drug-likeness (QED) is 0.908. The van der Waals surface area contributed by atoms with Gasteiger partial charge in [0.15, 0.2) is 0 Å². The van der Waals surface area contributed by atoms with Crippen molar-refractivity contribution in [3.63, 3.8) is 0 Å². The van der Waals surface area contributed by atoms with Crippen LogP contribution in [0.2, 0.25) is 0 Å². The van der Waals surface area contributed by atoms with Gasteiger partial charge in [0.2, 0.25) is 5.91 Å². The number of rotatable bonds is 3. The summed E-state index contributed by atoms with van der Waals surface area (Å²) < 4.78 is 14.2. The monoisotopic (exact) mass is 279 g/mol. The summed E-state index contributed by atoms with van der Waals surface area (Å²) in [5.74, 6) is -0.0779. The van der Waals surface area contributed by atoms with Gasteiger partial charge in [0.1, 0.15) is 5.82 Å². The Labute approximate surface area is 119 Å². The van der Waals surface area contributed by atoms with Crippen molar-refractivity contribution in [3.8, 4) is 0 Å². The molecule has 1 fully saturated rings. The third-order valence-corrected chi connectivity index (χ3v) is 3.81. The first-order valence-corrected chi connectivity index (χ1v) is 7.06. The van der Waals surface area contributed by atoms with Crippen LogP contribution in [0, 0.1) is 5.82 Å². The normalized spacial score (nSPS) is 17.1. The Bertz CT molecular complexity index is 478. The summed E-state index contributed by atoms with van der Waals surface area (Å²) in [6.07, 6.45) is 0.928. The molecular weight excluding hydrogens is 257 g/mol. The van der Waals surface area contributed by atoms with Crippen molar-refractivity contribution < 1.29 is 9.18 Å². The van der Waals surface area contributed by atoms with Crippen LogP contribution in [0.4, 0.5) is 4.39 Å². The average Bonchev–Trinajstić information content (AvgIpc) is 2.67. The number of amides is 1. The van der Waals surface area contributed by atoms with Crippen molar-refractivity contribution in [2.75, 3.05) is 26.2 Å². The third kappa shape index (κ3) is 3.55. The molecule has 0 unspecified atom stereocenters. The minimum absolute atomic E-state index is 0.114. The molecule has 0 saturated carbocycles. The average molecular weight is 279 g/mol. The van der Waals surface area contributed by atoms with E-state index >= 15 is 0 Å². The molecule has 2 N–H and O–H groups in total. The summed E-state index contributed by atoms with van der Waals surface area (Å²) in [7, 11) is 0. The lowest BCUT2D eigenvalue weighted by atomic mass is 10.1. The fraction of sp³-hybridized carbons (Fsp3) is 0.533. The van der Waals surface area contributed by atoms with Crippen molar-refractivity contribution in [2.45, 2.75) is 26.4 Å². The van der Waals surface area contributed by atoms with Crippen LogP contribution in [0.1, 0.15) is 24.5 Å². The fourth-order valence-corrected chi connectivity index (χ4v) is 2.60. The number of hydrogen-bond donors (Lipinski definition) is 1. The third-order valence-electron chi connectivity index (χ3n) is 3.81. The Kier molecular flexibility index (Phi) is 5.09. The van der Waals surface area contributed by atoms with Crippen molar-refractivity contribution in [3.05, 3.63) is 35.1 Å². The fourth-order valence-electron chi connectivity index (χ4n) is 2.60. The second-order valence-electron chi connectivity index (χ2n) is 5.23. The highest BCUT2D eigenvalue weighted by Crippen LogP contribution is 2.16. The van der Waals surface area contributed by atoms with Crippen molar-refractivity contribution in [1.82, 2.24) is 9.80 Å². The van der Waals surface area contributed by atoms with Gasteiger partial charge in [0.05, 0.1) is 0 Å². The first kappa shape index (κ1) is 14.9. The Morgan fingerprint density at radius 2 is 2.00 bits per heavy atom. The smallest absolute Gasteiger partial charge is 0.219 e. The van der Waals surface area contributed by atoms with Gasteiger partial charge in [-0.15, -0.1) is 0 Å². The van der Waals surface area contributed by atoms with Gasteiger partial charge >= 0.3 is 0 Å². The predicted octanol–water partition coefficient (Wildman–Crippen LogP) is 1.34. The number of hydrogen-bond acceptors (Lipinski definition) is 3. The van der Waals surface area contributed by atoms with Gasteiger partial charge in [-0.1, -0.05) is 18.2 Å². The van der Waals surface area contributed by atoms with E-state index in [1.165, 1.54) is 0 Å². The zero-order chi connectivity index (χ0) is 14.5. The van der Waals surface area contributed by atoms with E-state index < -0.39 is 0 Å². The van der Waals surface area contributed by atoms with Crippen molar-refractivity contribution in [2.24, 2.45) is 5.73 Å². The molecule has 0 atom stereocenters. The maximum absolute atomic E-state index is 14.2. The first-order valence-electron chi connectivity index (χ1n) is 7.06. The molecule has 0 aliphatic carbocycles. The molecule has 0 aromatic heterocycles. The molecule has 1 aliphatic rings. The van der Waals surface area contributed by atoms with Crippen LogP contribution in [0.15, 0.2) is 18.2 Å².